The molecule has 1 aliphatic heterocycles. The molecule has 3 aromatic carbocycles. The zero-order chi connectivity index (χ0) is 39.1. The van der Waals surface area contributed by atoms with E-state index in [2.05, 4.69) is 72.4 Å². The first-order chi connectivity index (χ1) is 25.9. The zero-order valence-corrected chi connectivity index (χ0v) is 33.3. The number of nitrogens with one attached hydrogen (secondary N) is 3. The van der Waals surface area contributed by atoms with Crippen LogP contribution in [-0.2, 0) is 14.3 Å². The number of alkyl carbamates (subject to hydrolysis) is 1. The number of methoxy groups -OCH3 is 1. The summed E-state index contributed by atoms with van der Waals surface area (Å²) in [7, 11) is 1.30. The van der Waals surface area contributed by atoms with Gasteiger partial charge in [-0.2, -0.15) is 0 Å². The molecule has 2 heterocycles. The lowest BCUT2D eigenvalue weighted by molar-refractivity contribution is -0.137. The minimum Gasteiger partial charge on any atom is -0.453 e. The fourth-order valence-electron chi connectivity index (χ4n) is 7.24. The van der Waals surface area contributed by atoms with Crippen molar-refractivity contribution in [3.8, 4) is 11.1 Å². The molecular formula is C42H54ClN7O4. The molecule has 3 N–H and O–H groups in total. The monoisotopic (exact) mass is 755 g/mol. The highest BCUT2D eigenvalue weighted by molar-refractivity contribution is 6.32. The number of nitrogens with zero attached hydrogens (tertiary/aromatic N) is 4. The first-order valence-corrected chi connectivity index (χ1v) is 19.3. The van der Waals surface area contributed by atoms with Crippen molar-refractivity contribution in [3.05, 3.63) is 71.1 Å². The van der Waals surface area contributed by atoms with Gasteiger partial charge in [-0.15, -0.1) is 0 Å². The summed E-state index contributed by atoms with van der Waals surface area (Å²) in [6.07, 6.45) is 2.40. The zero-order valence-electron chi connectivity index (χ0n) is 32.5. The smallest absolute Gasteiger partial charge is 0.407 e. The quantitative estimate of drug-likeness (QED) is 0.0827. The minimum absolute atomic E-state index is 0.00362. The van der Waals surface area contributed by atoms with E-state index in [0.29, 0.717) is 42.8 Å². The van der Waals surface area contributed by atoms with E-state index in [1.54, 1.807) is 0 Å². The molecule has 11 nitrogen and oxygen atoms in total. The Bertz CT molecular complexity index is 2000. The number of halogens is 1. The van der Waals surface area contributed by atoms with Gasteiger partial charge in [-0.05, 0) is 73.4 Å². The fraction of sp³-hybridized carbons (Fsp3) is 0.452. The van der Waals surface area contributed by atoms with E-state index in [4.69, 9.17) is 21.3 Å². The van der Waals surface area contributed by atoms with E-state index in [-0.39, 0.29) is 29.8 Å². The van der Waals surface area contributed by atoms with Crippen molar-refractivity contribution in [1.82, 2.24) is 30.4 Å². The number of H-pyrrole nitrogens is 1. The summed E-state index contributed by atoms with van der Waals surface area (Å²) in [6.45, 7) is 17.6. The number of benzene rings is 3. The summed E-state index contributed by atoms with van der Waals surface area (Å²) >= 11 is 6.68. The Hall–Kier alpha value is -4.90. The summed E-state index contributed by atoms with van der Waals surface area (Å²) in [5.74, 6) is 0.946. The molecule has 0 bridgehead atoms. The van der Waals surface area contributed by atoms with E-state index in [9.17, 15) is 14.4 Å². The number of carbonyl (C=O) groups excluding carboxylic acids is 3. The molecule has 3 amide bonds. The second kappa shape index (κ2) is 18.0. The summed E-state index contributed by atoms with van der Waals surface area (Å²) in [6, 6.07) is 17.5. The van der Waals surface area contributed by atoms with Gasteiger partial charge in [0.15, 0.2) is 0 Å². The number of amides is 3. The highest BCUT2D eigenvalue weighted by Crippen LogP contribution is 2.38. The second-order valence-electron chi connectivity index (χ2n) is 14.9. The summed E-state index contributed by atoms with van der Waals surface area (Å²) < 4.78 is 4.80. The number of imidazole rings is 1. The third-order valence-corrected chi connectivity index (χ3v) is 10.4. The van der Waals surface area contributed by atoms with Crippen LogP contribution in [0, 0.1) is 11.8 Å². The van der Waals surface area contributed by atoms with Crippen molar-refractivity contribution in [2.75, 3.05) is 26.7 Å². The van der Waals surface area contributed by atoms with Gasteiger partial charge < -0.3 is 30.2 Å². The lowest BCUT2D eigenvalue weighted by Crippen LogP contribution is -2.52. The summed E-state index contributed by atoms with van der Waals surface area (Å²) in [5.41, 5.74) is 5.20. The maximum absolute atomic E-state index is 13.9. The van der Waals surface area contributed by atoms with Gasteiger partial charge in [0.2, 0.25) is 11.8 Å². The number of ether oxygens (including phenoxy) is 1. The Balaban J connectivity index is 1.33. The predicted molar refractivity (Wildman–Crippen MR) is 218 cm³/mol. The first-order valence-electron chi connectivity index (χ1n) is 18.9. The molecule has 1 aromatic heterocycles. The van der Waals surface area contributed by atoms with Crippen molar-refractivity contribution in [3.63, 3.8) is 0 Å². The average Bonchev–Trinajstić information content (AvgIpc) is 3.76. The van der Waals surface area contributed by atoms with E-state index >= 15 is 0 Å². The molecule has 0 saturated carbocycles. The van der Waals surface area contributed by atoms with Crippen molar-refractivity contribution in [2.24, 2.45) is 16.8 Å². The summed E-state index contributed by atoms with van der Waals surface area (Å²) in [4.78, 5) is 55.1. The van der Waals surface area contributed by atoms with Gasteiger partial charge in [-0.1, -0.05) is 88.7 Å². The van der Waals surface area contributed by atoms with E-state index < -0.39 is 12.1 Å². The molecule has 0 radical (unpaired) electrons. The number of hydrogen-bond acceptors (Lipinski definition) is 7. The normalized spacial score (nSPS) is 16.8. The number of aromatic amines is 1. The van der Waals surface area contributed by atoms with Crippen LogP contribution in [0.3, 0.4) is 0 Å². The number of aromatic nitrogens is 2. The molecule has 1 fully saturated rings. The Labute approximate surface area is 323 Å². The molecule has 4 aromatic rings. The van der Waals surface area contributed by atoms with Gasteiger partial charge >= 0.3 is 6.09 Å². The van der Waals surface area contributed by atoms with Crippen molar-refractivity contribution >= 4 is 63.7 Å². The van der Waals surface area contributed by atoms with E-state index in [0.717, 1.165) is 63.6 Å². The van der Waals surface area contributed by atoms with Crippen LogP contribution in [0.2, 0.25) is 0 Å². The first kappa shape index (κ1) is 40.3. The maximum Gasteiger partial charge on any atom is 0.407 e. The van der Waals surface area contributed by atoms with Crippen LogP contribution in [0.15, 0.2) is 64.7 Å². The number of aliphatic imine (C=N–C) groups is 1. The molecule has 0 spiro atoms. The molecule has 0 aliphatic carbocycles. The van der Waals surface area contributed by atoms with Gasteiger partial charge in [0.25, 0.3) is 0 Å². The number of rotatable bonds is 15. The third-order valence-electron chi connectivity index (χ3n) is 10.1. The molecule has 54 heavy (non-hydrogen) atoms. The topological polar surface area (TPSA) is 132 Å². The molecule has 5 rings (SSSR count). The highest BCUT2D eigenvalue weighted by atomic mass is 35.5. The minimum atomic E-state index is -0.707. The summed E-state index contributed by atoms with van der Waals surface area (Å²) in [5, 5.41) is 8.39. The number of likely N-dealkylation sites (tertiary alicyclic amines) is 1. The maximum atomic E-state index is 13.9. The second-order valence-corrected chi connectivity index (χ2v) is 15.2. The van der Waals surface area contributed by atoms with Crippen LogP contribution in [0.4, 0.5) is 4.79 Å². The predicted octanol–water partition coefficient (Wildman–Crippen LogP) is 8.26. The molecular weight excluding hydrogens is 702 g/mol. The Morgan fingerprint density at radius 2 is 1.78 bits per heavy atom. The molecule has 3 unspecified atom stereocenters. The molecule has 1 aliphatic rings. The van der Waals surface area contributed by atoms with Crippen LogP contribution in [0.25, 0.3) is 38.6 Å². The Morgan fingerprint density at radius 1 is 1.06 bits per heavy atom. The van der Waals surface area contributed by atoms with E-state index in [1.165, 1.54) is 7.11 Å². The highest BCUT2D eigenvalue weighted by Gasteiger charge is 2.41. The lowest BCUT2D eigenvalue weighted by Gasteiger charge is -2.32. The standard InChI is InChI=1S/C42H54ClN7O4/c1-9-21-49(35(51)23-25(2)3)22-20-45-39(43)37(44-7)29-13-11-28(12-14-29)30-15-17-32-31(24-30)16-18-33-38(32)47-40(46-33)34-19-10-27(6)50(34)41(52)36(26(4)5)48-42(53)54-8/h11-18,24-27,34,36,45H,7,9-10,19-23H2,1-6,8H3,(H,46,47)(H,48,53)/b39-37-. The van der Waals surface area contributed by atoms with Crippen molar-refractivity contribution < 1.29 is 19.1 Å². The van der Waals surface area contributed by atoms with Gasteiger partial charge in [0.05, 0.1) is 24.2 Å². The number of fused-ring (bicyclic) bond motifs is 3. The van der Waals surface area contributed by atoms with Gasteiger partial charge in [-0.25, -0.2) is 9.78 Å². The van der Waals surface area contributed by atoms with E-state index in [1.807, 2.05) is 60.9 Å². The van der Waals surface area contributed by atoms with Crippen LogP contribution in [0.1, 0.15) is 84.7 Å². The van der Waals surface area contributed by atoms with Gasteiger partial charge in [0, 0.05) is 43.0 Å². The Morgan fingerprint density at radius 3 is 2.43 bits per heavy atom. The van der Waals surface area contributed by atoms with Crippen LogP contribution in [-0.4, -0.2) is 83.2 Å². The van der Waals surface area contributed by atoms with Crippen LogP contribution < -0.4 is 10.6 Å². The molecule has 3 atom stereocenters. The Kier molecular flexibility index (Phi) is 13.4. The fourth-order valence-corrected chi connectivity index (χ4v) is 7.51. The SMILES string of the molecule is C=N/C(=C(/Cl)NCCN(CCC)C(=O)CC(C)C)c1ccc(-c2ccc3c(ccc4[nH]c(C5CCC(C)N5C(=O)C(NC(=O)OC)C(C)C)nc43)c2)cc1. The average molecular weight is 756 g/mol. The van der Waals surface area contributed by atoms with Crippen molar-refractivity contribution in [1.29, 1.82) is 0 Å². The lowest BCUT2D eigenvalue weighted by atomic mass is 9.99. The molecule has 12 heteroatoms. The van der Waals surface area contributed by atoms with Crippen molar-refractivity contribution in [2.45, 2.75) is 85.4 Å². The molecule has 1 saturated heterocycles. The van der Waals surface area contributed by atoms with Crippen LogP contribution >= 0.6 is 11.6 Å². The van der Waals surface area contributed by atoms with Gasteiger partial charge in [-0.3, -0.25) is 14.6 Å². The largest absolute Gasteiger partial charge is 0.453 e. The third kappa shape index (κ3) is 9.06. The van der Waals surface area contributed by atoms with Crippen LogP contribution in [0.5, 0.6) is 0 Å². The number of carbonyl (C=O) groups is 3. The molecule has 288 valence electrons. The van der Waals surface area contributed by atoms with Gasteiger partial charge in [0.1, 0.15) is 22.7 Å². The number of hydrogen-bond donors (Lipinski definition) is 3.